The molecular formula is C18H34N4O2. The number of amides is 3. The lowest BCUT2D eigenvalue weighted by molar-refractivity contribution is -0.131. The molecule has 2 rings (SSSR count). The molecule has 2 saturated heterocycles. The van der Waals surface area contributed by atoms with Crippen molar-refractivity contribution in [2.45, 2.75) is 96.4 Å². The molecule has 6 nitrogen and oxygen atoms in total. The van der Waals surface area contributed by atoms with Crippen LogP contribution in [0.5, 0.6) is 0 Å². The van der Waals surface area contributed by atoms with Gasteiger partial charge in [0, 0.05) is 35.6 Å². The maximum atomic E-state index is 13.0. The lowest BCUT2D eigenvalue weighted by Crippen LogP contribution is -2.67. The zero-order valence-corrected chi connectivity index (χ0v) is 16.3. The number of nitrogens with zero attached hydrogens (tertiary/aromatic N) is 2. The highest BCUT2D eigenvalue weighted by Crippen LogP contribution is 2.38. The van der Waals surface area contributed by atoms with Gasteiger partial charge in [-0.05, 0) is 61.3 Å². The van der Waals surface area contributed by atoms with Crippen molar-refractivity contribution in [3.63, 3.8) is 0 Å². The molecule has 1 unspecified atom stereocenters. The van der Waals surface area contributed by atoms with E-state index < -0.39 is 0 Å². The summed E-state index contributed by atoms with van der Waals surface area (Å²) in [7, 11) is 0. The first-order chi connectivity index (χ1) is 10.7. The highest BCUT2D eigenvalue weighted by atomic mass is 16.2. The number of hydrogen-bond acceptors (Lipinski definition) is 3. The van der Waals surface area contributed by atoms with Crippen LogP contribution in [0.1, 0.15) is 67.7 Å². The van der Waals surface area contributed by atoms with Crippen molar-refractivity contribution in [3.8, 4) is 0 Å². The summed E-state index contributed by atoms with van der Waals surface area (Å²) in [5.41, 5.74) is 5.36. The van der Waals surface area contributed by atoms with Crippen LogP contribution in [0.3, 0.4) is 0 Å². The SMILES string of the molecule is CC(C)(C)N1CC(NC(=O)N2C(C)(C)CC(N)CC2(C)C)CC1=O. The Labute approximate surface area is 146 Å². The summed E-state index contributed by atoms with van der Waals surface area (Å²) in [5.74, 6) is 0.104. The van der Waals surface area contributed by atoms with Crippen molar-refractivity contribution in [1.82, 2.24) is 15.1 Å². The fourth-order valence-corrected chi connectivity index (χ4v) is 4.60. The summed E-state index contributed by atoms with van der Waals surface area (Å²) >= 11 is 0. The summed E-state index contributed by atoms with van der Waals surface area (Å²) in [6, 6.07) is -0.125. The van der Waals surface area contributed by atoms with Crippen LogP contribution in [-0.2, 0) is 4.79 Å². The molecule has 0 aromatic rings. The molecule has 24 heavy (non-hydrogen) atoms. The minimum atomic E-state index is -0.308. The molecule has 0 bridgehead atoms. The van der Waals surface area contributed by atoms with Crippen LogP contribution in [0.25, 0.3) is 0 Å². The Morgan fingerprint density at radius 1 is 1.17 bits per heavy atom. The van der Waals surface area contributed by atoms with Crippen molar-refractivity contribution in [3.05, 3.63) is 0 Å². The Morgan fingerprint density at radius 2 is 1.67 bits per heavy atom. The van der Waals surface area contributed by atoms with Gasteiger partial charge < -0.3 is 20.9 Å². The number of carbonyl (C=O) groups excluding carboxylic acids is 2. The molecule has 0 aromatic heterocycles. The molecule has 6 heteroatoms. The van der Waals surface area contributed by atoms with Crippen molar-refractivity contribution >= 4 is 11.9 Å². The molecule has 0 radical (unpaired) electrons. The van der Waals surface area contributed by atoms with E-state index in [0.29, 0.717) is 13.0 Å². The maximum absolute atomic E-state index is 13.0. The molecule has 2 heterocycles. The predicted molar refractivity (Wildman–Crippen MR) is 95.6 cm³/mol. The summed E-state index contributed by atoms with van der Waals surface area (Å²) in [4.78, 5) is 29.0. The lowest BCUT2D eigenvalue weighted by Gasteiger charge is -2.54. The van der Waals surface area contributed by atoms with Crippen molar-refractivity contribution in [2.24, 2.45) is 5.73 Å². The minimum Gasteiger partial charge on any atom is -0.336 e. The van der Waals surface area contributed by atoms with Gasteiger partial charge in [0.25, 0.3) is 0 Å². The number of likely N-dealkylation sites (tertiary alicyclic amines) is 2. The van der Waals surface area contributed by atoms with Crippen LogP contribution in [0.2, 0.25) is 0 Å². The second kappa shape index (κ2) is 5.90. The van der Waals surface area contributed by atoms with Gasteiger partial charge in [-0.25, -0.2) is 4.79 Å². The molecular weight excluding hydrogens is 304 g/mol. The highest BCUT2D eigenvalue weighted by molar-refractivity contribution is 5.82. The molecule has 3 N–H and O–H groups in total. The van der Waals surface area contributed by atoms with E-state index in [4.69, 9.17) is 5.73 Å². The van der Waals surface area contributed by atoms with E-state index in [2.05, 4.69) is 33.0 Å². The fourth-order valence-electron chi connectivity index (χ4n) is 4.60. The minimum absolute atomic E-state index is 0.0922. The predicted octanol–water partition coefficient (Wildman–Crippen LogP) is 2.08. The first-order valence-corrected chi connectivity index (χ1v) is 8.91. The Balaban J connectivity index is 2.11. The smallest absolute Gasteiger partial charge is 0.318 e. The van der Waals surface area contributed by atoms with Gasteiger partial charge in [-0.15, -0.1) is 0 Å². The van der Waals surface area contributed by atoms with Crippen LogP contribution in [0.4, 0.5) is 4.79 Å². The first kappa shape index (κ1) is 19.0. The van der Waals surface area contributed by atoms with Crippen LogP contribution < -0.4 is 11.1 Å². The van der Waals surface area contributed by atoms with Gasteiger partial charge in [-0.2, -0.15) is 0 Å². The van der Waals surface area contributed by atoms with Gasteiger partial charge in [-0.1, -0.05) is 0 Å². The summed E-state index contributed by atoms with van der Waals surface area (Å²) < 4.78 is 0. The summed E-state index contributed by atoms with van der Waals surface area (Å²) in [5, 5.41) is 3.09. The van der Waals surface area contributed by atoms with E-state index in [9.17, 15) is 9.59 Å². The lowest BCUT2D eigenvalue weighted by atomic mass is 9.77. The third-order valence-electron chi connectivity index (χ3n) is 5.20. The Kier molecular flexibility index (Phi) is 4.68. The average Bonchev–Trinajstić information content (AvgIpc) is 2.65. The van der Waals surface area contributed by atoms with Gasteiger partial charge in [0.05, 0.1) is 6.04 Å². The average molecular weight is 338 g/mol. The maximum Gasteiger partial charge on any atom is 0.318 e. The molecule has 0 aliphatic carbocycles. The first-order valence-electron chi connectivity index (χ1n) is 8.91. The number of nitrogens with two attached hydrogens (primary N) is 1. The zero-order valence-electron chi connectivity index (χ0n) is 16.3. The van der Waals surface area contributed by atoms with Gasteiger partial charge in [0.1, 0.15) is 0 Å². The number of hydrogen-bond donors (Lipinski definition) is 2. The third-order valence-corrected chi connectivity index (χ3v) is 5.20. The molecule has 2 fully saturated rings. The number of carbonyl (C=O) groups is 2. The topological polar surface area (TPSA) is 78.7 Å². The van der Waals surface area contributed by atoms with Crippen LogP contribution in [0.15, 0.2) is 0 Å². The van der Waals surface area contributed by atoms with Gasteiger partial charge in [-0.3, -0.25) is 4.79 Å². The summed E-state index contributed by atoms with van der Waals surface area (Å²) in [6.45, 7) is 14.9. The van der Waals surface area contributed by atoms with Crippen LogP contribution in [0, 0.1) is 0 Å². The van der Waals surface area contributed by atoms with E-state index >= 15 is 0 Å². The molecule has 0 spiro atoms. The molecule has 2 aliphatic heterocycles. The van der Waals surface area contributed by atoms with Crippen molar-refractivity contribution < 1.29 is 9.59 Å². The second-order valence-electron chi connectivity index (χ2n) is 9.65. The van der Waals surface area contributed by atoms with E-state index in [1.807, 2.05) is 30.6 Å². The van der Waals surface area contributed by atoms with Gasteiger partial charge in [0.2, 0.25) is 5.91 Å². The number of rotatable bonds is 1. The van der Waals surface area contributed by atoms with Crippen molar-refractivity contribution in [1.29, 1.82) is 0 Å². The second-order valence-corrected chi connectivity index (χ2v) is 9.65. The quantitative estimate of drug-likeness (QED) is 0.768. The number of urea groups is 1. The van der Waals surface area contributed by atoms with E-state index in [1.54, 1.807) is 0 Å². The fraction of sp³-hybridized carbons (Fsp3) is 0.889. The number of nitrogens with one attached hydrogen (secondary N) is 1. The standard InChI is InChI=1S/C18H34N4O2/c1-16(2,3)21-11-13(8-14(21)23)20-15(24)22-17(4,5)9-12(19)10-18(22,6)7/h12-13H,8-11,19H2,1-7H3,(H,20,24). The number of piperidine rings is 1. The molecule has 1 atom stereocenters. The zero-order chi connectivity index (χ0) is 18.5. The van der Waals surface area contributed by atoms with Gasteiger partial charge in [0.15, 0.2) is 0 Å². The monoisotopic (exact) mass is 338 g/mol. The van der Waals surface area contributed by atoms with E-state index in [0.717, 1.165) is 12.8 Å². The summed E-state index contributed by atoms with van der Waals surface area (Å²) in [6.07, 6.45) is 1.93. The largest absolute Gasteiger partial charge is 0.336 e. The molecule has 138 valence electrons. The molecule has 0 saturated carbocycles. The highest BCUT2D eigenvalue weighted by Gasteiger charge is 2.48. The van der Waals surface area contributed by atoms with E-state index in [-0.39, 0.29) is 40.6 Å². The molecule has 3 amide bonds. The Hall–Kier alpha value is -1.30. The normalized spacial score (nSPS) is 27.5. The van der Waals surface area contributed by atoms with Crippen LogP contribution in [-0.4, -0.2) is 57.0 Å². The molecule has 0 aromatic carbocycles. The Morgan fingerprint density at radius 3 is 2.08 bits per heavy atom. The van der Waals surface area contributed by atoms with Crippen LogP contribution >= 0.6 is 0 Å². The molecule has 2 aliphatic rings. The van der Waals surface area contributed by atoms with E-state index in [1.165, 1.54) is 0 Å². The van der Waals surface area contributed by atoms with Crippen molar-refractivity contribution in [2.75, 3.05) is 6.54 Å². The third kappa shape index (κ3) is 3.68. The Bertz CT molecular complexity index is 504. The van der Waals surface area contributed by atoms with Gasteiger partial charge >= 0.3 is 6.03 Å².